The first-order valence-electron chi connectivity index (χ1n) is 6.69. The average Bonchev–Trinajstić information content (AvgIpc) is 2.46. The van der Waals surface area contributed by atoms with Crippen molar-refractivity contribution < 1.29 is 13.2 Å². The molecular weight excluding hydrogens is 289 g/mol. The van der Waals surface area contributed by atoms with Gasteiger partial charge < -0.3 is 5.73 Å². The number of hydrogen-bond acceptors (Lipinski definition) is 2. The highest BCUT2D eigenvalue weighted by atomic mass is 19.4. The Hall–Kier alpha value is -2.56. The Morgan fingerprint density at radius 3 is 2.27 bits per heavy atom. The second kappa shape index (κ2) is 5.02. The topological polar surface area (TPSA) is 38.9 Å². The van der Waals surface area contributed by atoms with Gasteiger partial charge in [0, 0.05) is 16.6 Å². The van der Waals surface area contributed by atoms with E-state index in [4.69, 9.17) is 5.73 Å². The second-order valence-corrected chi connectivity index (χ2v) is 5.18. The van der Waals surface area contributed by atoms with Crippen molar-refractivity contribution in [2.75, 3.05) is 5.73 Å². The van der Waals surface area contributed by atoms with Crippen molar-refractivity contribution in [1.29, 1.82) is 0 Å². The largest absolute Gasteiger partial charge is 0.416 e. The summed E-state index contributed by atoms with van der Waals surface area (Å²) in [5.74, 6) is 0. The third kappa shape index (κ3) is 2.62. The molecule has 22 heavy (non-hydrogen) atoms. The van der Waals surface area contributed by atoms with E-state index in [-0.39, 0.29) is 0 Å². The molecule has 0 aliphatic carbocycles. The van der Waals surface area contributed by atoms with E-state index in [0.29, 0.717) is 16.9 Å². The van der Waals surface area contributed by atoms with E-state index in [1.165, 1.54) is 12.1 Å². The van der Waals surface area contributed by atoms with Crippen LogP contribution in [0.2, 0.25) is 0 Å². The Morgan fingerprint density at radius 2 is 1.64 bits per heavy atom. The number of alkyl halides is 3. The molecule has 3 aromatic rings. The van der Waals surface area contributed by atoms with Gasteiger partial charge in [-0.2, -0.15) is 13.2 Å². The first kappa shape index (κ1) is 14.4. The Balaban J connectivity index is 2.10. The van der Waals surface area contributed by atoms with E-state index < -0.39 is 11.7 Å². The summed E-state index contributed by atoms with van der Waals surface area (Å²) in [5, 5.41) is 0.977. The molecule has 0 saturated heterocycles. The molecule has 3 rings (SSSR count). The zero-order valence-corrected chi connectivity index (χ0v) is 11.8. The second-order valence-electron chi connectivity index (χ2n) is 5.18. The van der Waals surface area contributed by atoms with Crippen molar-refractivity contribution in [3.05, 3.63) is 59.7 Å². The van der Waals surface area contributed by atoms with Crippen molar-refractivity contribution in [2.24, 2.45) is 0 Å². The molecular formula is C17H13F3N2. The van der Waals surface area contributed by atoms with Crippen LogP contribution in [0.1, 0.15) is 11.1 Å². The predicted octanol–water partition coefficient (Wildman–Crippen LogP) is 4.81. The lowest BCUT2D eigenvalue weighted by Gasteiger charge is -2.09. The summed E-state index contributed by atoms with van der Waals surface area (Å²) in [7, 11) is 0. The fourth-order valence-electron chi connectivity index (χ4n) is 2.40. The van der Waals surface area contributed by atoms with Crippen LogP contribution in [0.25, 0.3) is 22.2 Å². The summed E-state index contributed by atoms with van der Waals surface area (Å²) < 4.78 is 37.8. The van der Waals surface area contributed by atoms with Crippen LogP contribution in [0.4, 0.5) is 18.9 Å². The maximum absolute atomic E-state index is 12.6. The van der Waals surface area contributed by atoms with Crippen molar-refractivity contribution in [1.82, 2.24) is 4.98 Å². The van der Waals surface area contributed by atoms with Crippen LogP contribution in [-0.4, -0.2) is 4.98 Å². The van der Waals surface area contributed by atoms with Crippen LogP contribution in [-0.2, 0) is 6.18 Å². The monoisotopic (exact) mass is 302 g/mol. The molecule has 0 aliphatic rings. The van der Waals surface area contributed by atoms with Gasteiger partial charge in [0.2, 0.25) is 0 Å². The van der Waals surface area contributed by atoms with Gasteiger partial charge in [-0.1, -0.05) is 18.2 Å². The zero-order chi connectivity index (χ0) is 15.9. The van der Waals surface area contributed by atoms with Crippen molar-refractivity contribution in [3.63, 3.8) is 0 Å². The number of aromatic nitrogens is 1. The molecule has 0 bridgehead atoms. The molecule has 112 valence electrons. The van der Waals surface area contributed by atoms with Gasteiger partial charge in [0.15, 0.2) is 0 Å². The Labute approximate surface area is 125 Å². The number of benzene rings is 2. The van der Waals surface area contributed by atoms with Gasteiger partial charge in [0.25, 0.3) is 0 Å². The first-order valence-corrected chi connectivity index (χ1v) is 6.69. The molecule has 0 spiro atoms. The maximum atomic E-state index is 12.6. The number of fused-ring (bicyclic) bond motifs is 1. The van der Waals surface area contributed by atoms with Gasteiger partial charge in [0.1, 0.15) is 0 Å². The normalized spacial score (nSPS) is 11.8. The number of hydrogen-bond donors (Lipinski definition) is 1. The van der Waals surface area contributed by atoms with Crippen molar-refractivity contribution in [2.45, 2.75) is 13.1 Å². The smallest absolute Gasteiger partial charge is 0.399 e. The van der Waals surface area contributed by atoms with Crippen LogP contribution in [0.15, 0.2) is 48.5 Å². The molecule has 0 unspecified atom stereocenters. The van der Waals surface area contributed by atoms with Gasteiger partial charge in [-0.15, -0.1) is 0 Å². The number of nitrogens with zero attached hydrogens (tertiary/aromatic N) is 1. The van der Waals surface area contributed by atoms with Gasteiger partial charge in [0.05, 0.1) is 16.8 Å². The number of aryl methyl sites for hydroxylation is 1. The van der Waals surface area contributed by atoms with Crippen LogP contribution in [0.5, 0.6) is 0 Å². The lowest BCUT2D eigenvalue weighted by Crippen LogP contribution is -2.04. The summed E-state index contributed by atoms with van der Waals surface area (Å²) in [6, 6.07) is 12.3. The Kier molecular flexibility index (Phi) is 3.28. The van der Waals surface area contributed by atoms with Crippen LogP contribution in [0, 0.1) is 6.92 Å². The lowest BCUT2D eigenvalue weighted by atomic mass is 10.0. The summed E-state index contributed by atoms with van der Waals surface area (Å²) in [6.07, 6.45) is -4.33. The van der Waals surface area contributed by atoms with Crippen LogP contribution in [0.3, 0.4) is 0 Å². The Morgan fingerprint density at radius 1 is 0.955 bits per heavy atom. The van der Waals surface area contributed by atoms with Gasteiger partial charge in [-0.25, -0.2) is 4.98 Å². The van der Waals surface area contributed by atoms with Crippen molar-refractivity contribution in [3.8, 4) is 11.3 Å². The van der Waals surface area contributed by atoms with Gasteiger partial charge in [-0.3, -0.25) is 0 Å². The minimum atomic E-state index is -4.33. The highest BCUT2D eigenvalue weighted by Crippen LogP contribution is 2.31. The molecule has 2 aromatic carbocycles. The summed E-state index contributed by atoms with van der Waals surface area (Å²) in [6.45, 7) is 1.94. The zero-order valence-electron chi connectivity index (χ0n) is 11.8. The molecule has 2 nitrogen and oxygen atoms in total. The molecule has 5 heteroatoms. The van der Waals surface area contributed by atoms with E-state index in [1.54, 1.807) is 12.1 Å². The number of rotatable bonds is 1. The molecule has 0 radical (unpaired) electrons. The predicted molar refractivity (Wildman–Crippen MR) is 81.3 cm³/mol. The van der Waals surface area contributed by atoms with E-state index in [9.17, 15) is 13.2 Å². The molecule has 0 aliphatic heterocycles. The third-order valence-corrected chi connectivity index (χ3v) is 3.55. The van der Waals surface area contributed by atoms with Gasteiger partial charge >= 0.3 is 6.18 Å². The maximum Gasteiger partial charge on any atom is 0.416 e. The summed E-state index contributed by atoms with van der Waals surface area (Å²) in [5.41, 5.74) is 8.70. The molecule has 0 atom stereocenters. The molecule has 1 heterocycles. The highest BCUT2D eigenvalue weighted by molar-refractivity contribution is 5.87. The fraction of sp³-hybridized carbons (Fsp3) is 0.118. The highest BCUT2D eigenvalue weighted by Gasteiger charge is 2.30. The van der Waals surface area contributed by atoms with E-state index >= 15 is 0 Å². The van der Waals surface area contributed by atoms with Crippen molar-refractivity contribution >= 4 is 16.6 Å². The fourth-order valence-corrected chi connectivity index (χ4v) is 2.40. The van der Waals surface area contributed by atoms with Crippen LogP contribution >= 0.6 is 0 Å². The molecule has 2 N–H and O–H groups in total. The molecule has 0 fully saturated rings. The quantitative estimate of drug-likeness (QED) is 0.655. The molecule has 1 aromatic heterocycles. The number of halogens is 3. The number of nitrogen functional groups attached to an aromatic ring is 1. The first-order chi connectivity index (χ1) is 10.3. The van der Waals surface area contributed by atoms with E-state index in [0.717, 1.165) is 28.6 Å². The molecule has 0 amide bonds. The summed E-state index contributed by atoms with van der Waals surface area (Å²) in [4.78, 5) is 4.50. The molecule has 0 saturated carbocycles. The third-order valence-electron chi connectivity index (χ3n) is 3.55. The number of nitrogens with two attached hydrogens (primary N) is 1. The average molecular weight is 302 g/mol. The van der Waals surface area contributed by atoms with E-state index in [1.807, 2.05) is 19.1 Å². The number of anilines is 1. The van der Waals surface area contributed by atoms with Gasteiger partial charge in [-0.05, 0) is 42.8 Å². The minimum Gasteiger partial charge on any atom is -0.399 e. The standard InChI is InChI=1S/C17H13F3N2/c1-10-8-15(22-16-9-13(21)6-7-14(10)16)11-2-4-12(5-3-11)17(18,19)20/h2-9H,21H2,1H3. The van der Waals surface area contributed by atoms with E-state index in [2.05, 4.69) is 4.98 Å². The lowest BCUT2D eigenvalue weighted by molar-refractivity contribution is -0.137. The van der Waals surface area contributed by atoms with Crippen LogP contribution < -0.4 is 5.73 Å². The SMILES string of the molecule is Cc1cc(-c2ccc(C(F)(F)F)cc2)nc2cc(N)ccc12. The minimum absolute atomic E-state index is 0.601. The number of pyridine rings is 1. The summed E-state index contributed by atoms with van der Waals surface area (Å²) >= 11 is 0. The Bertz CT molecular complexity index is 837.